The highest BCUT2D eigenvalue weighted by molar-refractivity contribution is 6.26. The number of methoxy groups -OCH3 is 2. The topological polar surface area (TPSA) is 140 Å². The van der Waals surface area contributed by atoms with Crippen molar-refractivity contribution >= 4 is 11.9 Å². The first-order valence-corrected chi connectivity index (χ1v) is 10.3. The average molecular weight is 463 g/mol. The Morgan fingerprint density at radius 1 is 1.12 bits per heavy atom. The maximum atomic E-state index is 9.04. The number of aliphatic carboxylic acids is 2. The number of carbonyl (C=O) groups is 2. The standard InChI is InChI=1S/C21H27NO5.C2H2O4/c1-21(16-8-5-4-6-9-16)26-15-17(27-21)14-22-12-13-25-20-18(23-2)10-7-11-19(20)24-3;3-1(4)2(5)6/h4-11,17,22H,12-15H2,1-3H3;(H,3,4)(H,5,6)/t17-,21-;/m0./s1. The third kappa shape index (κ3) is 7.63. The molecule has 0 aliphatic carbocycles. The van der Waals surface area contributed by atoms with Gasteiger partial charge in [0, 0.05) is 5.56 Å². The number of carboxylic acids is 2. The molecule has 3 N–H and O–H groups in total. The van der Waals surface area contributed by atoms with E-state index in [9.17, 15) is 0 Å². The molecule has 10 heteroatoms. The van der Waals surface area contributed by atoms with Crippen LogP contribution in [0.3, 0.4) is 0 Å². The first-order valence-electron chi connectivity index (χ1n) is 10.3. The molecule has 0 aromatic heterocycles. The summed E-state index contributed by atoms with van der Waals surface area (Å²) in [4.78, 5) is 18.0. The molecule has 1 aliphatic rings. The van der Waals surface area contributed by atoms with Crippen molar-refractivity contribution in [2.75, 3.05) is 40.5 Å². The van der Waals surface area contributed by atoms with E-state index >= 15 is 0 Å². The van der Waals surface area contributed by atoms with Crippen molar-refractivity contribution in [1.29, 1.82) is 0 Å². The van der Waals surface area contributed by atoms with Crippen LogP contribution < -0.4 is 24.6 Å². The number of para-hydroxylation sites is 1. The lowest BCUT2D eigenvalue weighted by molar-refractivity contribution is -0.661. The van der Waals surface area contributed by atoms with Gasteiger partial charge in [0.1, 0.15) is 25.8 Å². The summed E-state index contributed by atoms with van der Waals surface area (Å²) < 4.78 is 28.6. The zero-order valence-corrected chi connectivity index (χ0v) is 18.8. The fourth-order valence-corrected chi connectivity index (χ4v) is 3.15. The van der Waals surface area contributed by atoms with Gasteiger partial charge in [0.2, 0.25) is 5.75 Å². The summed E-state index contributed by atoms with van der Waals surface area (Å²) in [7, 11) is 3.24. The van der Waals surface area contributed by atoms with Crippen molar-refractivity contribution in [3.05, 3.63) is 54.1 Å². The summed E-state index contributed by atoms with van der Waals surface area (Å²) in [5.41, 5.74) is 1.04. The highest BCUT2D eigenvalue weighted by Crippen LogP contribution is 2.36. The third-order valence-electron chi connectivity index (χ3n) is 4.79. The lowest BCUT2D eigenvalue weighted by Gasteiger charge is -2.23. The highest BCUT2D eigenvalue weighted by Gasteiger charge is 2.39. The Morgan fingerprint density at radius 3 is 2.27 bits per heavy atom. The molecule has 3 rings (SSSR count). The van der Waals surface area contributed by atoms with Gasteiger partial charge in [-0.05, 0) is 19.1 Å². The van der Waals surface area contributed by atoms with E-state index in [2.05, 4.69) is 5.32 Å². The van der Waals surface area contributed by atoms with Gasteiger partial charge < -0.3 is 44.0 Å². The predicted molar refractivity (Wildman–Crippen MR) is 114 cm³/mol. The largest absolute Gasteiger partial charge is 0.539 e. The number of hydrogen-bond acceptors (Lipinski definition) is 8. The van der Waals surface area contributed by atoms with Crippen molar-refractivity contribution in [1.82, 2.24) is 0 Å². The van der Waals surface area contributed by atoms with E-state index in [4.69, 9.17) is 43.5 Å². The molecule has 180 valence electrons. The molecule has 1 aliphatic heterocycles. The third-order valence-corrected chi connectivity index (χ3v) is 4.79. The van der Waals surface area contributed by atoms with Crippen LogP contribution in [0.1, 0.15) is 12.5 Å². The summed E-state index contributed by atoms with van der Waals surface area (Å²) in [6, 6.07) is 15.6. The van der Waals surface area contributed by atoms with Crippen LogP contribution in [-0.2, 0) is 24.8 Å². The quantitative estimate of drug-likeness (QED) is 0.381. The molecule has 2 atom stereocenters. The van der Waals surface area contributed by atoms with Crippen LogP contribution in [0.15, 0.2) is 48.5 Å². The molecule has 1 fully saturated rings. The minimum absolute atomic E-state index is 0.0519. The van der Waals surface area contributed by atoms with Gasteiger partial charge in [-0.25, -0.2) is 4.79 Å². The number of rotatable bonds is 9. The molecule has 10 nitrogen and oxygen atoms in total. The van der Waals surface area contributed by atoms with E-state index in [0.717, 1.165) is 18.7 Å². The van der Waals surface area contributed by atoms with Crippen LogP contribution in [0.5, 0.6) is 17.2 Å². The predicted octanol–water partition coefficient (Wildman–Crippen LogP) is -0.245. The van der Waals surface area contributed by atoms with Crippen molar-refractivity contribution in [2.45, 2.75) is 18.8 Å². The lowest BCUT2D eigenvalue weighted by Crippen LogP contribution is -2.87. The van der Waals surface area contributed by atoms with E-state index in [0.29, 0.717) is 30.5 Å². The Labute approximate surface area is 192 Å². The molecule has 1 saturated heterocycles. The van der Waals surface area contributed by atoms with Crippen LogP contribution >= 0.6 is 0 Å². The Morgan fingerprint density at radius 2 is 1.73 bits per heavy atom. The van der Waals surface area contributed by atoms with Gasteiger partial charge in [-0.3, -0.25) is 0 Å². The van der Waals surface area contributed by atoms with Gasteiger partial charge in [-0.2, -0.15) is 0 Å². The molecule has 2 aromatic carbocycles. The fourth-order valence-electron chi connectivity index (χ4n) is 3.15. The van der Waals surface area contributed by atoms with Crippen LogP contribution in [0, 0.1) is 0 Å². The first kappa shape index (κ1) is 25.9. The van der Waals surface area contributed by atoms with E-state index in [-0.39, 0.29) is 6.10 Å². The summed E-state index contributed by atoms with van der Waals surface area (Å²) in [6.07, 6.45) is 0.0519. The molecular formula is C23H29NO9. The van der Waals surface area contributed by atoms with Gasteiger partial charge in [0.15, 0.2) is 23.3 Å². The van der Waals surface area contributed by atoms with Crippen LogP contribution in [0.2, 0.25) is 0 Å². The van der Waals surface area contributed by atoms with E-state index in [1.165, 1.54) is 0 Å². The molecule has 0 amide bonds. The summed E-state index contributed by atoms with van der Waals surface area (Å²) in [6.45, 7) is 4.71. The van der Waals surface area contributed by atoms with Gasteiger partial charge in [0.05, 0.1) is 20.8 Å². The number of benzene rings is 2. The molecule has 0 spiro atoms. The Bertz CT molecular complexity index is 872. The number of carboxylic acid groups (broad SMARTS) is 2. The normalized spacial score (nSPS) is 19.2. The summed E-state index contributed by atoms with van der Waals surface area (Å²) in [5.74, 6) is -2.71. The second-order valence-corrected chi connectivity index (χ2v) is 7.11. The smallest absolute Gasteiger partial charge is 0.351 e. The van der Waals surface area contributed by atoms with E-state index in [1.54, 1.807) is 14.2 Å². The zero-order chi connectivity index (χ0) is 24.3. The molecule has 33 heavy (non-hydrogen) atoms. The highest BCUT2D eigenvalue weighted by atomic mass is 16.7. The lowest BCUT2D eigenvalue weighted by atomic mass is 10.1. The van der Waals surface area contributed by atoms with Crippen LogP contribution in [0.4, 0.5) is 0 Å². The second-order valence-electron chi connectivity index (χ2n) is 7.11. The second kappa shape index (κ2) is 12.6. The molecule has 0 unspecified atom stereocenters. The maximum absolute atomic E-state index is 9.04. The van der Waals surface area contributed by atoms with Gasteiger partial charge >= 0.3 is 5.97 Å². The van der Waals surface area contributed by atoms with E-state index in [1.807, 2.05) is 55.5 Å². The van der Waals surface area contributed by atoms with Crippen LogP contribution in [0.25, 0.3) is 0 Å². The molecular weight excluding hydrogens is 434 g/mol. The Balaban J connectivity index is 0.000000569. The Kier molecular flexibility index (Phi) is 9.92. The molecule has 1 heterocycles. The van der Waals surface area contributed by atoms with Crippen LogP contribution in [-0.4, -0.2) is 63.7 Å². The van der Waals surface area contributed by atoms with Gasteiger partial charge in [0.25, 0.3) is 0 Å². The first-order chi connectivity index (χ1) is 15.8. The van der Waals surface area contributed by atoms with Gasteiger partial charge in [-0.1, -0.05) is 36.4 Å². The van der Waals surface area contributed by atoms with Crippen molar-refractivity contribution in [2.24, 2.45) is 0 Å². The van der Waals surface area contributed by atoms with Crippen molar-refractivity contribution < 1.29 is 48.8 Å². The van der Waals surface area contributed by atoms with E-state index < -0.39 is 17.7 Å². The number of hydrogen-bond donors (Lipinski definition) is 2. The van der Waals surface area contributed by atoms with Crippen molar-refractivity contribution in [3.8, 4) is 17.2 Å². The molecule has 0 radical (unpaired) electrons. The monoisotopic (exact) mass is 463 g/mol. The molecule has 2 aromatic rings. The number of nitrogens with two attached hydrogens (primary N) is 1. The minimum atomic E-state index is -2.07. The van der Waals surface area contributed by atoms with Crippen molar-refractivity contribution in [3.63, 3.8) is 0 Å². The number of ether oxygens (including phenoxy) is 5. The summed E-state index contributed by atoms with van der Waals surface area (Å²) >= 11 is 0. The fraction of sp³-hybridized carbons (Fsp3) is 0.391. The zero-order valence-electron chi connectivity index (χ0n) is 18.8. The van der Waals surface area contributed by atoms with Gasteiger partial charge in [-0.15, -0.1) is 0 Å². The SMILES string of the molecule is COc1cccc(OC)c1OCC[NH2+]C[C@H]1CO[C@](C)(c2ccccc2)O1.O=C([O-])C(=O)O. The summed E-state index contributed by atoms with van der Waals surface area (Å²) in [5, 5.41) is 18.5. The minimum Gasteiger partial charge on any atom is -0.539 e. The maximum Gasteiger partial charge on any atom is 0.351 e. The number of quaternary nitrogens is 1. The average Bonchev–Trinajstić information content (AvgIpc) is 3.21. The molecule has 0 saturated carbocycles. The molecule has 0 bridgehead atoms. The number of carbonyl (C=O) groups excluding carboxylic acids is 1. The Hall–Kier alpha value is -3.34.